The van der Waals surface area contributed by atoms with E-state index in [1.807, 2.05) is 0 Å². The van der Waals surface area contributed by atoms with Crippen LogP contribution in [0.4, 0.5) is 5.13 Å². The van der Waals surface area contributed by atoms with Gasteiger partial charge in [-0.05, 0) is 0 Å². The van der Waals surface area contributed by atoms with Gasteiger partial charge < -0.3 is 15.9 Å². The second-order valence-corrected chi connectivity index (χ2v) is 4.33. The Morgan fingerprint density at radius 2 is 2.33 bits per heavy atom. The Labute approximate surface area is 77.6 Å². The molecule has 0 aliphatic carbocycles. The largest absolute Gasteiger partial charge is 0.394 e. The Morgan fingerprint density at radius 1 is 1.58 bits per heavy atom. The quantitative estimate of drug-likeness (QED) is 0.580. The van der Waals surface area contributed by atoms with Crippen molar-refractivity contribution in [1.82, 2.24) is 10.2 Å². The van der Waals surface area contributed by atoms with Crippen LogP contribution in [0.5, 0.6) is 0 Å². The van der Waals surface area contributed by atoms with Crippen molar-refractivity contribution < 1.29 is 10.2 Å². The van der Waals surface area contributed by atoms with Crippen molar-refractivity contribution in [1.29, 1.82) is 0 Å². The van der Waals surface area contributed by atoms with Crippen molar-refractivity contribution in [2.45, 2.75) is 10.4 Å². The first kappa shape index (κ1) is 9.72. The zero-order valence-corrected chi connectivity index (χ0v) is 7.81. The summed E-state index contributed by atoms with van der Waals surface area (Å²) in [6, 6.07) is 0. The van der Waals surface area contributed by atoms with Gasteiger partial charge in [0.2, 0.25) is 5.13 Å². The molecule has 0 saturated heterocycles. The van der Waals surface area contributed by atoms with Gasteiger partial charge >= 0.3 is 0 Å². The van der Waals surface area contributed by atoms with E-state index in [1.165, 1.54) is 23.1 Å². The highest BCUT2D eigenvalue weighted by Crippen LogP contribution is 2.23. The van der Waals surface area contributed by atoms with Gasteiger partial charge in [-0.3, -0.25) is 0 Å². The maximum atomic E-state index is 8.98. The summed E-state index contributed by atoms with van der Waals surface area (Å²) in [6.07, 6.45) is -0.708. The molecule has 0 saturated carbocycles. The van der Waals surface area contributed by atoms with Gasteiger partial charge in [0.15, 0.2) is 4.34 Å². The summed E-state index contributed by atoms with van der Waals surface area (Å²) in [4.78, 5) is 0. The van der Waals surface area contributed by atoms with E-state index in [9.17, 15) is 0 Å². The summed E-state index contributed by atoms with van der Waals surface area (Å²) in [5.74, 6) is 0.408. The van der Waals surface area contributed by atoms with Crippen LogP contribution in [0.15, 0.2) is 4.34 Å². The van der Waals surface area contributed by atoms with Crippen molar-refractivity contribution in [2.75, 3.05) is 18.1 Å². The SMILES string of the molecule is Nc1nnc(SC[C@H](O)CO)s1. The third-order valence-electron chi connectivity index (χ3n) is 1.03. The number of nitrogens with zero attached hydrogens (tertiary/aromatic N) is 2. The fourth-order valence-corrected chi connectivity index (χ4v) is 2.08. The normalized spacial score (nSPS) is 13.2. The molecule has 1 rings (SSSR count). The summed E-state index contributed by atoms with van der Waals surface area (Å²) in [6.45, 7) is -0.235. The fraction of sp³-hybridized carbons (Fsp3) is 0.600. The number of rotatable bonds is 4. The smallest absolute Gasteiger partial charge is 0.203 e. The van der Waals surface area contributed by atoms with Gasteiger partial charge in [-0.1, -0.05) is 23.1 Å². The van der Waals surface area contributed by atoms with Crippen molar-refractivity contribution in [3.8, 4) is 0 Å². The predicted molar refractivity (Wildman–Crippen MR) is 48.1 cm³/mol. The van der Waals surface area contributed by atoms with Crippen LogP contribution in [0, 0.1) is 0 Å². The first-order valence-corrected chi connectivity index (χ1v) is 5.03. The Morgan fingerprint density at radius 3 is 2.83 bits per heavy atom. The van der Waals surface area contributed by atoms with E-state index in [0.29, 0.717) is 15.2 Å². The molecular weight excluding hydrogens is 198 g/mol. The van der Waals surface area contributed by atoms with Gasteiger partial charge in [-0.25, -0.2) is 0 Å². The highest BCUT2D eigenvalue weighted by Gasteiger charge is 2.06. The van der Waals surface area contributed by atoms with Crippen LogP contribution >= 0.6 is 23.1 Å². The number of thioether (sulfide) groups is 1. The number of aliphatic hydroxyl groups excluding tert-OH is 2. The second kappa shape index (κ2) is 4.61. The highest BCUT2D eigenvalue weighted by molar-refractivity contribution is 8.01. The van der Waals surface area contributed by atoms with Gasteiger partial charge in [-0.15, -0.1) is 10.2 Å². The first-order chi connectivity index (χ1) is 5.72. The van der Waals surface area contributed by atoms with E-state index >= 15 is 0 Å². The van der Waals surface area contributed by atoms with Crippen molar-refractivity contribution >= 4 is 28.2 Å². The number of nitrogen functional groups attached to an aromatic ring is 1. The number of aliphatic hydroxyl groups is 2. The Bertz CT molecular complexity index is 242. The van der Waals surface area contributed by atoms with E-state index in [-0.39, 0.29) is 6.61 Å². The molecule has 4 N–H and O–H groups in total. The first-order valence-electron chi connectivity index (χ1n) is 3.23. The molecule has 0 unspecified atom stereocenters. The summed E-state index contributed by atoms with van der Waals surface area (Å²) in [5, 5.41) is 25.2. The van der Waals surface area contributed by atoms with Gasteiger partial charge in [-0.2, -0.15) is 0 Å². The van der Waals surface area contributed by atoms with E-state index in [2.05, 4.69) is 10.2 Å². The molecule has 68 valence electrons. The van der Waals surface area contributed by atoms with Gasteiger partial charge in [0.05, 0.1) is 12.7 Å². The third-order valence-corrected chi connectivity index (χ3v) is 3.06. The summed E-state index contributed by atoms with van der Waals surface area (Å²) in [5.41, 5.74) is 5.34. The van der Waals surface area contributed by atoms with Crippen LogP contribution in [0.25, 0.3) is 0 Å². The van der Waals surface area contributed by atoms with Crippen molar-refractivity contribution in [2.24, 2.45) is 0 Å². The van der Waals surface area contributed by atoms with Crippen LogP contribution in [0.2, 0.25) is 0 Å². The lowest BCUT2D eigenvalue weighted by molar-refractivity contribution is 0.113. The van der Waals surface area contributed by atoms with Gasteiger partial charge in [0.25, 0.3) is 0 Å². The molecule has 1 heterocycles. The molecule has 0 aromatic carbocycles. The second-order valence-electron chi connectivity index (χ2n) is 2.05. The van der Waals surface area contributed by atoms with Crippen LogP contribution in [0.1, 0.15) is 0 Å². The van der Waals surface area contributed by atoms with Crippen LogP contribution in [-0.4, -0.2) is 38.9 Å². The number of hydrogen-bond acceptors (Lipinski definition) is 7. The van der Waals surface area contributed by atoms with Crippen molar-refractivity contribution in [3.63, 3.8) is 0 Å². The molecule has 0 bridgehead atoms. The number of hydrogen-bond donors (Lipinski definition) is 3. The molecule has 0 spiro atoms. The van der Waals surface area contributed by atoms with Gasteiger partial charge in [0, 0.05) is 5.75 Å². The maximum absolute atomic E-state index is 8.98. The van der Waals surface area contributed by atoms with Crippen LogP contribution in [-0.2, 0) is 0 Å². The molecule has 0 amide bonds. The minimum absolute atomic E-state index is 0.235. The summed E-state index contributed by atoms with van der Waals surface area (Å²) >= 11 is 2.59. The minimum Gasteiger partial charge on any atom is -0.394 e. The zero-order chi connectivity index (χ0) is 8.97. The predicted octanol–water partition coefficient (Wildman–Crippen LogP) is -0.434. The van der Waals surface area contributed by atoms with Crippen molar-refractivity contribution in [3.05, 3.63) is 0 Å². The topological polar surface area (TPSA) is 92.3 Å². The lowest BCUT2D eigenvalue weighted by Gasteiger charge is -2.02. The number of nitrogens with two attached hydrogens (primary N) is 1. The molecule has 0 radical (unpaired) electrons. The average Bonchev–Trinajstić information content (AvgIpc) is 2.47. The number of aromatic nitrogens is 2. The Kier molecular flexibility index (Phi) is 3.73. The maximum Gasteiger partial charge on any atom is 0.203 e. The molecule has 1 aromatic rings. The Hall–Kier alpha value is -0.370. The zero-order valence-electron chi connectivity index (χ0n) is 6.17. The monoisotopic (exact) mass is 207 g/mol. The highest BCUT2D eigenvalue weighted by atomic mass is 32.2. The Balaban J connectivity index is 2.33. The number of anilines is 1. The minimum atomic E-state index is -0.708. The van der Waals surface area contributed by atoms with Crippen LogP contribution < -0.4 is 5.73 Å². The molecule has 7 heteroatoms. The molecular formula is C5H9N3O2S2. The third kappa shape index (κ3) is 2.94. The molecule has 12 heavy (non-hydrogen) atoms. The van der Waals surface area contributed by atoms with Gasteiger partial charge in [0.1, 0.15) is 0 Å². The molecule has 0 aliphatic heterocycles. The molecule has 5 nitrogen and oxygen atoms in total. The van der Waals surface area contributed by atoms with Crippen LogP contribution in [0.3, 0.4) is 0 Å². The summed E-state index contributed by atoms with van der Waals surface area (Å²) < 4.78 is 0.708. The van der Waals surface area contributed by atoms with E-state index in [0.717, 1.165) is 0 Å². The molecule has 1 aromatic heterocycles. The average molecular weight is 207 g/mol. The fourth-order valence-electron chi connectivity index (χ4n) is 0.499. The molecule has 0 fully saturated rings. The van der Waals surface area contributed by atoms with E-state index in [1.54, 1.807) is 0 Å². The molecule has 0 aliphatic rings. The molecule has 1 atom stereocenters. The van der Waals surface area contributed by atoms with E-state index < -0.39 is 6.10 Å². The summed E-state index contributed by atoms with van der Waals surface area (Å²) in [7, 11) is 0. The lowest BCUT2D eigenvalue weighted by Crippen LogP contribution is -2.14. The van der Waals surface area contributed by atoms with E-state index in [4.69, 9.17) is 15.9 Å². The standard InChI is InChI=1S/C5H9N3O2S2/c6-4-7-8-5(12-4)11-2-3(10)1-9/h3,9-10H,1-2H2,(H2,6,7)/t3-/m1/s1. The lowest BCUT2D eigenvalue weighted by atomic mass is 10.4.